The summed E-state index contributed by atoms with van der Waals surface area (Å²) in [6, 6.07) is 2.92. The Morgan fingerprint density at radius 2 is 2.00 bits per heavy atom. The molecular weight excluding hydrogens is 282 g/mol. The first-order valence-electron chi connectivity index (χ1n) is 7.93. The van der Waals surface area contributed by atoms with E-state index < -0.39 is 5.54 Å². The van der Waals surface area contributed by atoms with Crippen LogP contribution in [-0.2, 0) is 4.79 Å². The second-order valence-electron chi connectivity index (χ2n) is 6.51. The molecule has 1 saturated carbocycles. The van der Waals surface area contributed by atoms with Crippen molar-refractivity contribution >= 4 is 11.8 Å². The number of carbonyl (C=O) groups excluding carboxylic acids is 2. The van der Waals surface area contributed by atoms with Crippen molar-refractivity contribution in [2.45, 2.75) is 31.2 Å². The molecule has 3 fully saturated rings. The molecule has 22 heavy (non-hydrogen) atoms. The molecule has 3 aliphatic rings. The van der Waals surface area contributed by atoms with E-state index in [4.69, 9.17) is 0 Å². The molecule has 2 amide bonds. The highest BCUT2D eigenvalue weighted by Gasteiger charge is 2.69. The number of rotatable bonds is 2. The molecule has 2 atom stereocenters. The quantitative estimate of drug-likeness (QED) is 0.869. The van der Waals surface area contributed by atoms with E-state index >= 15 is 0 Å². The maximum atomic E-state index is 12.9. The van der Waals surface area contributed by atoms with Crippen molar-refractivity contribution in [3.8, 4) is 0 Å². The van der Waals surface area contributed by atoms with E-state index in [0.29, 0.717) is 18.0 Å². The third-order valence-corrected chi connectivity index (χ3v) is 5.29. The summed E-state index contributed by atoms with van der Waals surface area (Å²) in [5, 5.41) is 0. The average molecular weight is 301 g/mol. The number of likely N-dealkylation sites (tertiary alicyclic amines) is 2. The summed E-state index contributed by atoms with van der Waals surface area (Å²) in [4.78, 5) is 43.2. The molecule has 1 N–H and O–H groups in total. The SMILES string of the molecule is O=C(c1cc[nH]c(=O)c1)N1CCC2CC21C(=O)N1CCCC1. The Kier molecular flexibility index (Phi) is 2.89. The van der Waals surface area contributed by atoms with Crippen LogP contribution in [0.4, 0.5) is 0 Å². The summed E-state index contributed by atoms with van der Waals surface area (Å²) in [7, 11) is 0. The third kappa shape index (κ3) is 1.82. The summed E-state index contributed by atoms with van der Waals surface area (Å²) in [5.41, 5.74) is -0.550. The lowest BCUT2D eigenvalue weighted by Gasteiger charge is -2.31. The van der Waals surface area contributed by atoms with E-state index in [1.54, 1.807) is 11.0 Å². The van der Waals surface area contributed by atoms with E-state index in [0.717, 1.165) is 38.8 Å². The van der Waals surface area contributed by atoms with Crippen LogP contribution in [0.1, 0.15) is 36.0 Å². The largest absolute Gasteiger partial charge is 0.341 e. The maximum absolute atomic E-state index is 12.9. The number of aromatic nitrogens is 1. The van der Waals surface area contributed by atoms with E-state index in [-0.39, 0.29) is 17.4 Å². The summed E-state index contributed by atoms with van der Waals surface area (Å²) in [6.45, 7) is 2.22. The van der Waals surface area contributed by atoms with Crippen LogP contribution in [0, 0.1) is 5.92 Å². The van der Waals surface area contributed by atoms with Gasteiger partial charge in [-0.15, -0.1) is 0 Å². The van der Waals surface area contributed by atoms with Gasteiger partial charge in [-0.25, -0.2) is 0 Å². The van der Waals surface area contributed by atoms with Crippen LogP contribution in [0.3, 0.4) is 0 Å². The lowest BCUT2D eigenvalue weighted by atomic mass is 10.1. The van der Waals surface area contributed by atoms with Crippen LogP contribution in [0.25, 0.3) is 0 Å². The molecule has 2 aliphatic heterocycles. The Hall–Kier alpha value is -2.11. The van der Waals surface area contributed by atoms with Gasteiger partial charge in [-0.05, 0) is 37.7 Å². The number of nitrogens with zero attached hydrogens (tertiary/aromatic N) is 2. The Labute approximate surface area is 128 Å². The van der Waals surface area contributed by atoms with Gasteiger partial charge in [0.1, 0.15) is 5.54 Å². The molecule has 2 unspecified atom stereocenters. The molecule has 0 bridgehead atoms. The number of piperidine rings is 1. The molecule has 6 nitrogen and oxygen atoms in total. The van der Waals surface area contributed by atoms with Crippen molar-refractivity contribution in [3.05, 3.63) is 34.2 Å². The third-order valence-electron chi connectivity index (χ3n) is 5.29. The Bertz CT molecular complexity index is 692. The minimum atomic E-state index is -0.621. The average Bonchev–Trinajstić information content (AvgIpc) is 2.92. The van der Waals surface area contributed by atoms with Gasteiger partial charge >= 0.3 is 0 Å². The number of aromatic amines is 1. The zero-order chi connectivity index (χ0) is 15.3. The zero-order valence-corrected chi connectivity index (χ0v) is 12.4. The standard InChI is InChI=1S/C16H19N3O3/c20-13-9-11(3-5-17-13)14(21)19-8-4-12-10-16(12,19)15(22)18-6-1-2-7-18/h3,5,9,12H,1-2,4,6-8,10H2,(H,17,20). The molecule has 3 heterocycles. The first-order chi connectivity index (χ1) is 10.6. The number of fused-ring (bicyclic) bond motifs is 1. The molecule has 0 spiro atoms. The molecule has 4 rings (SSSR count). The predicted molar refractivity (Wildman–Crippen MR) is 79.4 cm³/mol. The number of hydrogen-bond acceptors (Lipinski definition) is 3. The van der Waals surface area contributed by atoms with Gasteiger partial charge in [-0.2, -0.15) is 0 Å². The second-order valence-corrected chi connectivity index (χ2v) is 6.51. The topological polar surface area (TPSA) is 73.5 Å². The molecule has 1 aromatic rings. The Morgan fingerprint density at radius 1 is 1.23 bits per heavy atom. The minimum absolute atomic E-state index is 0.116. The second kappa shape index (κ2) is 4.69. The Balaban J connectivity index is 1.63. The van der Waals surface area contributed by atoms with Gasteiger partial charge in [0.15, 0.2) is 0 Å². The number of amides is 2. The van der Waals surface area contributed by atoms with Gasteiger partial charge in [-0.1, -0.05) is 0 Å². The highest BCUT2D eigenvalue weighted by atomic mass is 16.2. The molecule has 2 saturated heterocycles. The molecule has 0 radical (unpaired) electrons. The molecule has 0 aromatic carbocycles. The van der Waals surface area contributed by atoms with Crippen molar-refractivity contribution in [3.63, 3.8) is 0 Å². The molecular formula is C16H19N3O3. The van der Waals surface area contributed by atoms with Gasteiger partial charge < -0.3 is 14.8 Å². The fraction of sp³-hybridized carbons (Fsp3) is 0.562. The lowest BCUT2D eigenvalue weighted by Crippen LogP contribution is -2.51. The first-order valence-corrected chi connectivity index (χ1v) is 7.93. The van der Waals surface area contributed by atoms with Crippen molar-refractivity contribution < 1.29 is 9.59 Å². The normalized spacial score (nSPS) is 29.5. The van der Waals surface area contributed by atoms with E-state index in [2.05, 4.69) is 4.98 Å². The fourth-order valence-electron chi connectivity index (χ4n) is 4.06. The highest BCUT2D eigenvalue weighted by Crippen LogP contribution is 2.57. The van der Waals surface area contributed by atoms with Crippen molar-refractivity contribution in [1.82, 2.24) is 14.8 Å². The van der Waals surface area contributed by atoms with Crippen LogP contribution in [0.15, 0.2) is 23.1 Å². The van der Waals surface area contributed by atoms with E-state index in [9.17, 15) is 14.4 Å². The zero-order valence-electron chi connectivity index (χ0n) is 12.4. The van der Waals surface area contributed by atoms with Gasteiger partial charge in [0.25, 0.3) is 5.91 Å². The van der Waals surface area contributed by atoms with Crippen LogP contribution >= 0.6 is 0 Å². The van der Waals surface area contributed by atoms with Crippen LogP contribution < -0.4 is 5.56 Å². The van der Waals surface area contributed by atoms with Crippen molar-refractivity contribution in [2.75, 3.05) is 19.6 Å². The molecule has 6 heteroatoms. The van der Waals surface area contributed by atoms with E-state index in [1.807, 2.05) is 4.90 Å². The van der Waals surface area contributed by atoms with Gasteiger partial charge in [0.05, 0.1) is 0 Å². The minimum Gasteiger partial charge on any atom is -0.341 e. The monoisotopic (exact) mass is 301 g/mol. The smallest absolute Gasteiger partial charge is 0.255 e. The Morgan fingerprint density at radius 3 is 2.68 bits per heavy atom. The van der Waals surface area contributed by atoms with Gasteiger partial charge in [-0.3, -0.25) is 14.4 Å². The molecule has 1 aromatic heterocycles. The first kappa shape index (κ1) is 13.5. The van der Waals surface area contributed by atoms with Gasteiger partial charge in [0, 0.05) is 37.5 Å². The highest BCUT2D eigenvalue weighted by molar-refractivity contribution is 6.01. The molecule has 1 aliphatic carbocycles. The lowest BCUT2D eigenvalue weighted by molar-refractivity contribution is -0.136. The molecule has 116 valence electrons. The van der Waals surface area contributed by atoms with Gasteiger partial charge in [0.2, 0.25) is 11.5 Å². The summed E-state index contributed by atoms with van der Waals surface area (Å²) >= 11 is 0. The maximum Gasteiger partial charge on any atom is 0.255 e. The number of H-pyrrole nitrogens is 1. The van der Waals surface area contributed by atoms with Crippen LogP contribution in [-0.4, -0.2) is 51.8 Å². The van der Waals surface area contributed by atoms with Crippen LogP contribution in [0.2, 0.25) is 0 Å². The van der Waals surface area contributed by atoms with Crippen molar-refractivity contribution in [1.29, 1.82) is 0 Å². The predicted octanol–water partition coefficient (Wildman–Crippen LogP) is 0.602. The van der Waals surface area contributed by atoms with Crippen molar-refractivity contribution in [2.24, 2.45) is 5.92 Å². The number of pyridine rings is 1. The summed E-state index contributed by atoms with van der Waals surface area (Å²) < 4.78 is 0. The summed E-state index contributed by atoms with van der Waals surface area (Å²) in [6.07, 6.45) is 5.24. The number of hydrogen-bond donors (Lipinski definition) is 1. The number of carbonyl (C=O) groups is 2. The van der Waals surface area contributed by atoms with Crippen LogP contribution in [0.5, 0.6) is 0 Å². The van der Waals surface area contributed by atoms with E-state index in [1.165, 1.54) is 12.3 Å². The summed E-state index contributed by atoms with van der Waals surface area (Å²) in [5.74, 6) is 0.218. The fourth-order valence-corrected chi connectivity index (χ4v) is 4.06. The number of nitrogens with one attached hydrogen (secondary N) is 1.